The van der Waals surface area contributed by atoms with Gasteiger partial charge in [-0.2, -0.15) is 0 Å². The Bertz CT molecular complexity index is 2010. The van der Waals surface area contributed by atoms with Crippen molar-refractivity contribution in [3.63, 3.8) is 0 Å². The van der Waals surface area contributed by atoms with E-state index in [0.29, 0.717) is 19.4 Å². The summed E-state index contributed by atoms with van der Waals surface area (Å²) in [6, 6.07) is 37.6. The standard InChI is InChI=1S/C38H38N4O3/c43-37-39-35-18-8-9-19-36(35)42(37)31-20-22-41(38(44)45)30(24-31)14-10-21-40(25-27-11-2-1-3-12-27)26-29-23-28-13-4-5-15-32(28)34-17-7-6-16-33(29)34/h1-9,11-13,15-19,23,30-31H,10,14,20-22,24-26H2,(H,39,43)(H,44,45)/t30-,31-/m0/s1. The Labute approximate surface area is 262 Å². The van der Waals surface area contributed by atoms with E-state index in [0.717, 1.165) is 43.5 Å². The number of nitrogens with zero attached hydrogens (tertiary/aromatic N) is 3. The molecule has 5 aromatic carbocycles. The van der Waals surface area contributed by atoms with Crippen LogP contribution in [0.2, 0.25) is 0 Å². The smallest absolute Gasteiger partial charge is 0.407 e. The first-order chi connectivity index (χ1) is 22.0. The number of fused-ring (bicyclic) bond motifs is 4. The van der Waals surface area contributed by atoms with E-state index in [4.69, 9.17) is 0 Å². The summed E-state index contributed by atoms with van der Waals surface area (Å²) in [6.45, 7) is 2.86. The molecule has 1 fully saturated rings. The lowest BCUT2D eigenvalue weighted by atomic mass is 9.93. The van der Waals surface area contributed by atoms with Crippen LogP contribution < -0.4 is 5.69 Å². The van der Waals surface area contributed by atoms with Crippen LogP contribution in [-0.4, -0.2) is 49.7 Å². The summed E-state index contributed by atoms with van der Waals surface area (Å²) in [5, 5.41) is 15.1. The third-order valence-electron chi connectivity index (χ3n) is 9.43. The van der Waals surface area contributed by atoms with Gasteiger partial charge in [0.05, 0.1) is 11.0 Å². The molecule has 2 N–H and O–H groups in total. The molecule has 1 saturated heterocycles. The van der Waals surface area contributed by atoms with Gasteiger partial charge in [0.1, 0.15) is 0 Å². The second-order valence-corrected chi connectivity index (χ2v) is 12.3. The van der Waals surface area contributed by atoms with E-state index >= 15 is 0 Å². The average Bonchev–Trinajstić information content (AvgIpc) is 3.40. The maximum atomic E-state index is 13.0. The molecule has 6 aromatic rings. The third-order valence-corrected chi connectivity index (χ3v) is 9.43. The number of para-hydroxylation sites is 2. The lowest BCUT2D eigenvalue weighted by molar-refractivity contribution is 0.0853. The number of H-pyrrole nitrogens is 1. The predicted octanol–water partition coefficient (Wildman–Crippen LogP) is 7.80. The Hall–Kier alpha value is -4.88. The van der Waals surface area contributed by atoms with Crippen LogP contribution in [0.4, 0.5) is 4.79 Å². The maximum Gasteiger partial charge on any atom is 0.407 e. The molecule has 0 spiro atoms. The van der Waals surface area contributed by atoms with E-state index in [2.05, 4.69) is 88.7 Å². The van der Waals surface area contributed by atoms with Crippen LogP contribution in [0.3, 0.4) is 0 Å². The van der Waals surface area contributed by atoms with Crippen molar-refractivity contribution in [3.05, 3.63) is 131 Å². The van der Waals surface area contributed by atoms with Crippen LogP contribution in [0.15, 0.2) is 114 Å². The normalized spacial score (nSPS) is 17.0. The first-order valence-corrected chi connectivity index (χ1v) is 15.9. The number of hydrogen-bond donors (Lipinski definition) is 2. The molecule has 7 nitrogen and oxygen atoms in total. The number of imidazole rings is 1. The second-order valence-electron chi connectivity index (χ2n) is 12.3. The van der Waals surface area contributed by atoms with E-state index in [1.807, 2.05) is 34.9 Å². The van der Waals surface area contributed by atoms with Crippen molar-refractivity contribution < 1.29 is 9.90 Å². The minimum atomic E-state index is -0.881. The molecule has 0 bridgehead atoms. The second kappa shape index (κ2) is 12.6. The molecule has 1 aliphatic heterocycles. The van der Waals surface area contributed by atoms with Gasteiger partial charge < -0.3 is 15.0 Å². The molecule has 0 saturated carbocycles. The van der Waals surface area contributed by atoms with Crippen LogP contribution >= 0.6 is 0 Å². The van der Waals surface area contributed by atoms with Gasteiger partial charge in [-0.1, -0.05) is 91.0 Å². The average molecular weight is 599 g/mol. The Balaban J connectivity index is 1.13. The third kappa shape index (κ3) is 5.96. The molecule has 0 aliphatic carbocycles. The number of piperidine rings is 1. The van der Waals surface area contributed by atoms with Crippen molar-refractivity contribution in [1.29, 1.82) is 0 Å². The van der Waals surface area contributed by atoms with Crippen molar-refractivity contribution in [2.24, 2.45) is 0 Å². The van der Waals surface area contributed by atoms with Gasteiger partial charge in [0.15, 0.2) is 0 Å². The predicted molar refractivity (Wildman–Crippen MR) is 181 cm³/mol. The highest BCUT2D eigenvalue weighted by atomic mass is 16.4. The first-order valence-electron chi connectivity index (χ1n) is 15.9. The van der Waals surface area contributed by atoms with Gasteiger partial charge >= 0.3 is 11.8 Å². The SMILES string of the molecule is O=C(O)N1CC[C@H](n2c(=O)[nH]c3ccccc32)C[C@@H]1CCCN(Cc1ccccc1)Cc1cc2ccccc2c2ccccc12. The fraction of sp³-hybridized carbons (Fsp3) is 0.263. The zero-order chi connectivity index (χ0) is 30.8. The van der Waals surface area contributed by atoms with Crippen LogP contribution in [0.1, 0.15) is 42.9 Å². The molecular formula is C38H38N4O3. The Morgan fingerprint density at radius 3 is 2.38 bits per heavy atom. The summed E-state index contributed by atoms with van der Waals surface area (Å²) >= 11 is 0. The van der Waals surface area contributed by atoms with Gasteiger partial charge in [-0.25, -0.2) is 9.59 Å². The highest BCUT2D eigenvalue weighted by Gasteiger charge is 2.33. The number of carboxylic acid groups (broad SMARTS) is 1. The summed E-state index contributed by atoms with van der Waals surface area (Å²) in [4.78, 5) is 32.3. The van der Waals surface area contributed by atoms with Gasteiger partial charge in [-0.15, -0.1) is 0 Å². The van der Waals surface area contributed by atoms with Gasteiger partial charge in [-0.3, -0.25) is 9.47 Å². The van der Waals surface area contributed by atoms with Crippen LogP contribution in [-0.2, 0) is 13.1 Å². The van der Waals surface area contributed by atoms with E-state index in [9.17, 15) is 14.7 Å². The monoisotopic (exact) mass is 598 g/mol. The molecule has 1 aliphatic rings. The zero-order valence-electron chi connectivity index (χ0n) is 25.3. The van der Waals surface area contributed by atoms with Gasteiger partial charge in [-0.05, 0) is 83.1 Å². The fourth-order valence-corrected chi connectivity index (χ4v) is 7.34. The van der Waals surface area contributed by atoms with Crippen LogP contribution in [0, 0.1) is 0 Å². The van der Waals surface area contributed by atoms with Crippen molar-refractivity contribution in [3.8, 4) is 0 Å². The Morgan fingerprint density at radius 1 is 0.844 bits per heavy atom. The number of amides is 1. The van der Waals surface area contributed by atoms with Crippen LogP contribution in [0.25, 0.3) is 32.6 Å². The van der Waals surface area contributed by atoms with Gasteiger partial charge in [0.25, 0.3) is 0 Å². The van der Waals surface area contributed by atoms with Gasteiger partial charge in [0, 0.05) is 31.7 Å². The van der Waals surface area contributed by atoms with Gasteiger partial charge in [0.2, 0.25) is 0 Å². The topological polar surface area (TPSA) is 81.6 Å². The molecule has 45 heavy (non-hydrogen) atoms. The van der Waals surface area contributed by atoms with E-state index in [1.165, 1.54) is 32.7 Å². The molecule has 228 valence electrons. The van der Waals surface area contributed by atoms with Crippen molar-refractivity contribution in [2.45, 2.75) is 50.9 Å². The number of rotatable bonds is 9. The molecule has 2 atom stereocenters. The summed E-state index contributed by atoms with van der Waals surface area (Å²) in [5.41, 5.74) is 4.12. The zero-order valence-corrected chi connectivity index (χ0v) is 25.3. The molecule has 0 unspecified atom stereocenters. The number of aromatic amines is 1. The molecule has 1 amide bonds. The Kier molecular flexibility index (Phi) is 8.09. The lowest BCUT2D eigenvalue weighted by Gasteiger charge is -2.38. The molecule has 7 rings (SSSR count). The van der Waals surface area contributed by atoms with Crippen molar-refractivity contribution in [2.75, 3.05) is 13.1 Å². The minimum absolute atomic E-state index is 0.0429. The lowest BCUT2D eigenvalue weighted by Crippen LogP contribution is -2.47. The summed E-state index contributed by atoms with van der Waals surface area (Å²) in [7, 11) is 0. The number of hydrogen-bond acceptors (Lipinski definition) is 3. The highest BCUT2D eigenvalue weighted by molar-refractivity contribution is 6.08. The molecular weight excluding hydrogens is 560 g/mol. The Morgan fingerprint density at radius 2 is 1.56 bits per heavy atom. The number of carbonyl (C=O) groups is 1. The minimum Gasteiger partial charge on any atom is -0.465 e. The van der Waals surface area contributed by atoms with E-state index in [1.54, 1.807) is 4.90 Å². The molecule has 2 heterocycles. The van der Waals surface area contributed by atoms with Crippen molar-refractivity contribution in [1.82, 2.24) is 19.4 Å². The first kappa shape index (κ1) is 28.9. The summed E-state index contributed by atoms with van der Waals surface area (Å²) in [6.07, 6.45) is 1.96. The number of likely N-dealkylation sites (tertiary alicyclic amines) is 1. The van der Waals surface area contributed by atoms with Crippen LogP contribution in [0.5, 0.6) is 0 Å². The number of nitrogens with one attached hydrogen (secondary N) is 1. The fourth-order valence-electron chi connectivity index (χ4n) is 7.34. The molecule has 0 radical (unpaired) electrons. The molecule has 7 heteroatoms. The van der Waals surface area contributed by atoms with E-state index in [-0.39, 0.29) is 17.8 Å². The summed E-state index contributed by atoms with van der Waals surface area (Å²) < 4.78 is 1.84. The highest BCUT2D eigenvalue weighted by Crippen LogP contribution is 2.32. The quantitative estimate of drug-likeness (QED) is 0.166. The maximum absolute atomic E-state index is 13.0. The van der Waals surface area contributed by atoms with E-state index < -0.39 is 6.09 Å². The summed E-state index contributed by atoms with van der Waals surface area (Å²) in [5.74, 6) is 0. The van der Waals surface area contributed by atoms with Crippen molar-refractivity contribution >= 4 is 38.7 Å². The number of benzene rings is 5. The molecule has 1 aromatic heterocycles. The number of aromatic nitrogens is 2. The largest absolute Gasteiger partial charge is 0.465 e.